The van der Waals surface area contributed by atoms with Gasteiger partial charge in [0.1, 0.15) is 23.0 Å². The van der Waals surface area contributed by atoms with Gasteiger partial charge in [0, 0.05) is 17.7 Å². The Morgan fingerprint density at radius 1 is 0.944 bits per heavy atom. The first kappa shape index (κ1) is 25.2. The largest absolute Gasteiger partial charge is 0.340 e. The highest BCUT2D eigenvalue weighted by atomic mass is 19.1. The predicted molar refractivity (Wildman–Crippen MR) is 131 cm³/mol. The molecule has 1 aromatic heterocycles. The van der Waals surface area contributed by atoms with Crippen molar-refractivity contribution in [3.05, 3.63) is 77.4 Å². The van der Waals surface area contributed by atoms with Crippen molar-refractivity contribution in [1.82, 2.24) is 14.9 Å². The molecule has 0 unspecified atom stereocenters. The Morgan fingerprint density at radius 2 is 1.69 bits per heavy atom. The second-order valence-electron chi connectivity index (χ2n) is 8.66. The summed E-state index contributed by atoms with van der Waals surface area (Å²) in [6.07, 6.45) is 5.85. The van der Waals surface area contributed by atoms with Crippen LogP contribution < -0.4 is 10.6 Å². The second-order valence-corrected chi connectivity index (χ2v) is 8.66. The lowest BCUT2D eigenvalue weighted by molar-refractivity contribution is 0.0952. The number of rotatable bonds is 9. The molecule has 2 aromatic carbocycles. The fourth-order valence-electron chi connectivity index (χ4n) is 4.13. The van der Waals surface area contributed by atoms with E-state index in [1.165, 1.54) is 49.9 Å². The Kier molecular flexibility index (Phi) is 8.17. The first-order chi connectivity index (χ1) is 17.4. The summed E-state index contributed by atoms with van der Waals surface area (Å²) in [6.45, 7) is 2.94. The number of imidazole rings is 1. The van der Waals surface area contributed by atoms with Gasteiger partial charge in [0.2, 0.25) is 0 Å². The van der Waals surface area contributed by atoms with Crippen LogP contribution in [0, 0.1) is 11.6 Å². The summed E-state index contributed by atoms with van der Waals surface area (Å²) >= 11 is 0. The molecule has 0 spiro atoms. The maximum atomic E-state index is 14.6. The summed E-state index contributed by atoms with van der Waals surface area (Å²) in [5.41, 5.74) is 0.256. The Hall–Kier alpha value is -3.92. The fraction of sp³-hybridized carbons (Fsp3) is 0.308. The molecule has 10 heteroatoms. The molecule has 4 rings (SSSR count). The summed E-state index contributed by atoms with van der Waals surface area (Å²) in [6, 6.07) is 8.60. The number of hydrogen-bond donors (Lipinski definition) is 3. The number of carbonyl (C=O) groups is 3. The van der Waals surface area contributed by atoms with Crippen LogP contribution in [-0.4, -0.2) is 52.1 Å². The highest BCUT2D eigenvalue weighted by Gasteiger charge is 2.21. The molecule has 3 N–H and O–H groups in total. The van der Waals surface area contributed by atoms with Crippen LogP contribution in [0.3, 0.4) is 0 Å². The monoisotopic (exact) mass is 495 g/mol. The molecule has 0 aliphatic carbocycles. The van der Waals surface area contributed by atoms with E-state index in [9.17, 15) is 23.2 Å². The molecule has 0 saturated carbocycles. The number of likely N-dealkylation sites (tertiary alicyclic amines) is 1. The molecule has 1 saturated heterocycles. The zero-order valence-electron chi connectivity index (χ0n) is 19.7. The summed E-state index contributed by atoms with van der Waals surface area (Å²) in [4.78, 5) is 46.7. The van der Waals surface area contributed by atoms with E-state index in [1.54, 1.807) is 0 Å². The number of halogens is 2. The number of hydrogen-bond acceptors (Lipinski definition) is 5. The van der Waals surface area contributed by atoms with Crippen molar-refractivity contribution in [2.75, 3.05) is 30.3 Å². The van der Waals surface area contributed by atoms with Crippen LogP contribution in [0.25, 0.3) is 0 Å². The van der Waals surface area contributed by atoms with Crippen LogP contribution >= 0.6 is 0 Å². The number of ketones is 1. The average molecular weight is 496 g/mol. The van der Waals surface area contributed by atoms with Crippen molar-refractivity contribution in [1.29, 1.82) is 0 Å². The van der Waals surface area contributed by atoms with Crippen LogP contribution in [-0.2, 0) is 0 Å². The van der Waals surface area contributed by atoms with Crippen molar-refractivity contribution in [3.63, 3.8) is 0 Å². The van der Waals surface area contributed by atoms with Crippen LogP contribution in [0.5, 0.6) is 0 Å². The van der Waals surface area contributed by atoms with Gasteiger partial charge >= 0.3 is 0 Å². The SMILES string of the molecule is O=C(Nc1ccc(NC(=O)c2[nH]cnc2C(=O)CCCN2CCCCC2)cc1F)c1ccc(F)cc1. The Morgan fingerprint density at radius 3 is 2.42 bits per heavy atom. The van der Waals surface area contributed by atoms with Gasteiger partial charge in [-0.25, -0.2) is 13.8 Å². The molecule has 1 fully saturated rings. The van der Waals surface area contributed by atoms with Gasteiger partial charge in [-0.15, -0.1) is 0 Å². The fourth-order valence-corrected chi connectivity index (χ4v) is 4.13. The van der Waals surface area contributed by atoms with Crippen molar-refractivity contribution >= 4 is 29.0 Å². The van der Waals surface area contributed by atoms with Gasteiger partial charge in [-0.05, 0) is 81.4 Å². The summed E-state index contributed by atoms with van der Waals surface area (Å²) in [7, 11) is 0. The molecule has 0 bridgehead atoms. The smallest absolute Gasteiger partial charge is 0.274 e. The van der Waals surface area contributed by atoms with E-state index in [4.69, 9.17) is 0 Å². The van der Waals surface area contributed by atoms with Gasteiger partial charge in [-0.1, -0.05) is 6.42 Å². The van der Waals surface area contributed by atoms with E-state index in [0.717, 1.165) is 37.8 Å². The quantitative estimate of drug-likeness (QED) is 0.375. The van der Waals surface area contributed by atoms with Crippen molar-refractivity contribution in [2.24, 2.45) is 0 Å². The van der Waals surface area contributed by atoms with E-state index in [-0.39, 0.29) is 40.5 Å². The molecular formula is C26H27F2N5O3. The van der Waals surface area contributed by atoms with Crippen molar-refractivity contribution in [2.45, 2.75) is 32.1 Å². The molecule has 0 radical (unpaired) electrons. The maximum absolute atomic E-state index is 14.6. The van der Waals surface area contributed by atoms with Gasteiger partial charge < -0.3 is 20.5 Å². The molecule has 1 aliphatic rings. The lowest BCUT2D eigenvalue weighted by atomic mass is 10.1. The average Bonchev–Trinajstić information content (AvgIpc) is 3.37. The van der Waals surface area contributed by atoms with E-state index in [2.05, 4.69) is 25.5 Å². The number of H-pyrrole nitrogens is 1. The number of benzene rings is 2. The number of Topliss-reactive ketones (excluding diaryl/α,β-unsaturated/α-hetero) is 1. The molecule has 2 heterocycles. The van der Waals surface area contributed by atoms with E-state index in [0.29, 0.717) is 6.42 Å². The van der Waals surface area contributed by atoms with E-state index < -0.39 is 23.4 Å². The highest BCUT2D eigenvalue weighted by molar-refractivity contribution is 6.10. The third-order valence-corrected chi connectivity index (χ3v) is 6.04. The third-order valence-electron chi connectivity index (χ3n) is 6.04. The van der Waals surface area contributed by atoms with Gasteiger partial charge in [0.15, 0.2) is 5.78 Å². The van der Waals surface area contributed by atoms with Crippen LogP contribution in [0.4, 0.5) is 20.2 Å². The van der Waals surface area contributed by atoms with Gasteiger partial charge in [0.05, 0.1) is 12.0 Å². The first-order valence-electron chi connectivity index (χ1n) is 11.9. The predicted octanol–water partition coefficient (Wildman–Crippen LogP) is 4.64. The number of carbonyl (C=O) groups excluding carboxylic acids is 3. The number of amides is 2. The number of nitrogens with zero attached hydrogens (tertiary/aromatic N) is 2. The Balaban J connectivity index is 1.34. The number of anilines is 2. The molecule has 1 aliphatic heterocycles. The van der Waals surface area contributed by atoms with Crippen LogP contribution in [0.2, 0.25) is 0 Å². The lowest BCUT2D eigenvalue weighted by Crippen LogP contribution is -2.30. The summed E-state index contributed by atoms with van der Waals surface area (Å²) < 4.78 is 27.6. The second kappa shape index (κ2) is 11.7. The minimum Gasteiger partial charge on any atom is -0.340 e. The van der Waals surface area contributed by atoms with Crippen LogP contribution in [0.1, 0.15) is 63.4 Å². The van der Waals surface area contributed by atoms with Crippen molar-refractivity contribution < 1.29 is 23.2 Å². The normalized spacial score (nSPS) is 13.8. The third kappa shape index (κ3) is 6.39. The minimum atomic E-state index is -0.776. The molecule has 8 nitrogen and oxygen atoms in total. The molecule has 0 atom stereocenters. The number of aromatic nitrogens is 2. The number of aromatic amines is 1. The van der Waals surface area contributed by atoms with E-state index in [1.807, 2.05) is 0 Å². The zero-order chi connectivity index (χ0) is 25.5. The number of piperidine rings is 1. The number of nitrogens with one attached hydrogen (secondary N) is 3. The zero-order valence-corrected chi connectivity index (χ0v) is 19.7. The summed E-state index contributed by atoms with van der Waals surface area (Å²) in [5, 5.41) is 4.95. The summed E-state index contributed by atoms with van der Waals surface area (Å²) in [5.74, 6) is -2.73. The van der Waals surface area contributed by atoms with Crippen molar-refractivity contribution in [3.8, 4) is 0 Å². The maximum Gasteiger partial charge on any atom is 0.274 e. The van der Waals surface area contributed by atoms with Crippen LogP contribution in [0.15, 0.2) is 48.8 Å². The topological polar surface area (TPSA) is 107 Å². The lowest BCUT2D eigenvalue weighted by Gasteiger charge is -2.26. The molecule has 2 amide bonds. The molecule has 3 aromatic rings. The van der Waals surface area contributed by atoms with Gasteiger partial charge in [0.25, 0.3) is 11.8 Å². The first-order valence-corrected chi connectivity index (χ1v) is 11.9. The van der Waals surface area contributed by atoms with E-state index >= 15 is 0 Å². The molecular weight excluding hydrogens is 468 g/mol. The molecule has 36 heavy (non-hydrogen) atoms. The van der Waals surface area contributed by atoms with Gasteiger partial charge in [-0.3, -0.25) is 14.4 Å². The minimum absolute atomic E-state index is 0.00655. The van der Waals surface area contributed by atoms with Gasteiger partial charge in [-0.2, -0.15) is 0 Å². The highest BCUT2D eigenvalue weighted by Crippen LogP contribution is 2.21. The standard InChI is InChI=1S/C26H27F2N5O3/c27-18-8-6-17(7-9-18)25(35)32-21-11-10-19(15-20(21)28)31-26(36)24-23(29-16-30-24)22(34)5-4-14-33-12-2-1-3-13-33/h6-11,15-16H,1-5,12-14H2,(H,29,30)(H,31,36)(H,32,35). The Bertz CT molecular complexity index is 1240. The Labute approximate surface area is 207 Å². The molecule has 188 valence electrons.